The Bertz CT molecular complexity index is 540. The first-order chi connectivity index (χ1) is 8.63. The summed E-state index contributed by atoms with van der Waals surface area (Å²) in [6.07, 6.45) is 1.76. The van der Waals surface area contributed by atoms with E-state index in [1.807, 2.05) is 6.92 Å². The van der Waals surface area contributed by atoms with E-state index in [9.17, 15) is 8.78 Å². The summed E-state index contributed by atoms with van der Waals surface area (Å²) in [5.74, 6) is 4.36. The van der Waals surface area contributed by atoms with E-state index >= 15 is 0 Å². The SMILES string of the molecule is Cc1ccoc1C(Cc1cccc(F)c1F)NN. The zero-order valence-electron chi connectivity index (χ0n) is 9.91. The van der Waals surface area contributed by atoms with Crippen molar-refractivity contribution >= 4 is 0 Å². The summed E-state index contributed by atoms with van der Waals surface area (Å²) in [5.41, 5.74) is 3.73. The van der Waals surface area contributed by atoms with Gasteiger partial charge in [-0.25, -0.2) is 14.2 Å². The molecule has 3 nitrogen and oxygen atoms in total. The van der Waals surface area contributed by atoms with Gasteiger partial charge in [-0.05, 0) is 36.6 Å². The third-order valence-corrected chi connectivity index (χ3v) is 2.87. The molecule has 0 bridgehead atoms. The number of furan rings is 1. The molecule has 0 radical (unpaired) electrons. The monoisotopic (exact) mass is 252 g/mol. The number of halogens is 2. The highest BCUT2D eigenvalue weighted by Crippen LogP contribution is 2.23. The maximum Gasteiger partial charge on any atom is 0.162 e. The van der Waals surface area contributed by atoms with Crippen LogP contribution in [0.25, 0.3) is 0 Å². The Labute approximate surface area is 104 Å². The van der Waals surface area contributed by atoms with Crippen molar-refractivity contribution in [2.24, 2.45) is 5.84 Å². The van der Waals surface area contributed by atoms with E-state index < -0.39 is 17.7 Å². The molecule has 0 aliphatic carbocycles. The van der Waals surface area contributed by atoms with Gasteiger partial charge in [0, 0.05) is 0 Å². The Morgan fingerprint density at radius 1 is 1.33 bits per heavy atom. The summed E-state index contributed by atoms with van der Waals surface area (Å²) in [7, 11) is 0. The smallest absolute Gasteiger partial charge is 0.162 e. The molecule has 0 aliphatic heterocycles. The van der Waals surface area contributed by atoms with Crippen LogP contribution < -0.4 is 11.3 Å². The molecular formula is C13H14F2N2O. The fourth-order valence-corrected chi connectivity index (χ4v) is 1.89. The van der Waals surface area contributed by atoms with Crippen LogP contribution in [0.5, 0.6) is 0 Å². The van der Waals surface area contributed by atoms with Crippen LogP contribution in [-0.2, 0) is 6.42 Å². The predicted molar refractivity (Wildman–Crippen MR) is 63.6 cm³/mol. The minimum atomic E-state index is -0.862. The van der Waals surface area contributed by atoms with Crippen molar-refractivity contribution in [3.63, 3.8) is 0 Å². The topological polar surface area (TPSA) is 51.2 Å². The predicted octanol–water partition coefficient (Wildman–Crippen LogP) is 2.61. The molecule has 2 rings (SSSR count). The van der Waals surface area contributed by atoms with E-state index in [4.69, 9.17) is 10.3 Å². The molecule has 0 spiro atoms. The summed E-state index contributed by atoms with van der Waals surface area (Å²) in [6, 6.07) is 5.48. The van der Waals surface area contributed by atoms with E-state index in [0.29, 0.717) is 5.76 Å². The van der Waals surface area contributed by atoms with Gasteiger partial charge in [0.2, 0.25) is 0 Å². The lowest BCUT2D eigenvalue weighted by molar-refractivity contribution is 0.406. The Hall–Kier alpha value is -1.72. The number of hydrogen-bond donors (Lipinski definition) is 2. The lowest BCUT2D eigenvalue weighted by atomic mass is 10.0. The largest absolute Gasteiger partial charge is 0.467 e. The highest BCUT2D eigenvalue weighted by Gasteiger charge is 2.19. The minimum Gasteiger partial charge on any atom is -0.467 e. The van der Waals surface area contributed by atoms with Crippen LogP contribution in [0, 0.1) is 18.6 Å². The third-order valence-electron chi connectivity index (χ3n) is 2.87. The summed E-state index contributed by atoms with van der Waals surface area (Å²) >= 11 is 0. The van der Waals surface area contributed by atoms with E-state index in [2.05, 4.69) is 5.43 Å². The minimum absolute atomic E-state index is 0.217. The molecule has 18 heavy (non-hydrogen) atoms. The van der Waals surface area contributed by atoms with Crippen LogP contribution in [0.15, 0.2) is 34.9 Å². The van der Waals surface area contributed by atoms with Gasteiger partial charge in [-0.15, -0.1) is 0 Å². The van der Waals surface area contributed by atoms with Crippen LogP contribution in [0.2, 0.25) is 0 Å². The number of aryl methyl sites for hydroxylation is 1. The molecule has 2 aromatic rings. The van der Waals surface area contributed by atoms with Gasteiger partial charge in [0.1, 0.15) is 5.76 Å². The van der Waals surface area contributed by atoms with Gasteiger partial charge in [0.25, 0.3) is 0 Å². The fourth-order valence-electron chi connectivity index (χ4n) is 1.89. The normalized spacial score (nSPS) is 12.7. The molecule has 0 fully saturated rings. The number of benzene rings is 1. The van der Waals surface area contributed by atoms with Crippen molar-refractivity contribution in [3.8, 4) is 0 Å². The zero-order chi connectivity index (χ0) is 13.1. The van der Waals surface area contributed by atoms with Crippen LogP contribution in [0.4, 0.5) is 8.78 Å². The second kappa shape index (κ2) is 5.29. The molecule has 1 unspecified atom stereocenters. The van der Waals surface area contributed by atoms with Crippen LogP contribution in [-0.4, -0.2) is 0 Å². The van der Waals surface area contributed by atoms with E-state index in [1.54, 1.807) is 6.07 Å². The van der Waals surface area contributed by atoms with Crippen molar-refractivity contribution < 1.29 is 13.2 Å². The molecule has 96 valence electrons. The van der Waals surface area contributed by atoms with Crippen molar-refractivity contribution in [1.29, 1.82) is 0 Å². The first kappa shape index (κ1) is 12.7. The van der Waals surface area contributed by atoms with Crippen LogP contribution in [0.1, 0.15) is 22.9 Å². The Kier molecular flexibility index (Phi) is 3.74. The molecule has 5 heteroatoms. The number of nitrogens with one attached hydrogen (secondary N) is 1. The summed E-state index contributed by atoms with van der Waals surface area (Å²) in [6.45, 7) is 1.87. The van der Waals surface area contributed by atoms with Crippen molar-refractivity contribution in [2.45, 2.75) is 19.4 Å². The van der Waals surface area contributed by atoms with Gasteiger partial charge in [-0.3, -0.25) is 5.84 Å². The van der Waals surface area contributed by atoms with Crippen LogP contribution in [0.3, 0.4) is 0 Å². The van der Waals surface area contributed by atoms with Gasteiger partial charge < -0.3 is 4.42 Å². The molecule has 1 heterocycles. The molecule has 0 amide bonds. The lowest BCUT2D eigenvalue weighted by Crippen LogP contribution is -2.30. The summed E-state index contributed by atoms with van der Waals surface area (Å²) in [5, 5.41) is 0. The van der Waals surface area contributed by atoms with E-state index in [0.717, 1.165) is 11.6 Å². The molecule has 0 aliphatic rings. The molecule has 0 saturated carbocycles. The molecule has 3 N–H and O–H groups in total. The molecule has 1 aromatic carbocycles. The molecular weight excluding hydrogens is 238 g/mol. The maximum absolute atomic E-state index is 13.6. The molecule has 1 atom stereocenters. The van der Waals surface area contributed by atoms with Gasteiger partial charge >= 0.3 is 0 Å². The number of hydrazine groups is 1. The quantitative estimate of drug-likeness (QED) is 0.649. The van der Waals surface area contributed by atoms with Gasteiger partial charge in [0.15, 0.2) is 11.6 Å². The Morgan fingerprint density at radius 3 is 2.72 bits per heavy atom. The van der Waals surface area contributed by atoms with Gasteiger partial charge in [0.05, 0.1) is 12.3 Å². The average molecular weight is 252 g/mol. The number of hydrogen-bond acceptors (Lipinski definition) is 3. The summed E-state index contributed by atoms with van der Waals surface area (Å²) in [4.78, 5) is 0. The highest BCUT2D eigenvalue weighted by atomic mass is 19.2. The first-order valence-corrected chi connectivity index (χ1v) is 5.56. The standard InChI is InChI=1S/C13H14F2N2O/c1-8-5-6-18-13(8)11(17-16)7-9-3-2-4-10(14)12(9)15/h2-6,11,17H,7,16H2,1H3. The maximum atomic E-state index is 13.6. The first-order valence-electron chi connectivity index (χ1n) is 5.56. The highest BCUT2D eigenvalue weighted by molar-refractivity contribution is 5.24. The summed E-state index contributed by atoms with van der Waals surface area (Å²) < 4.78 is 32.0. The zero-order valence-corrected chi connectivity index (χ0v) is 9.91. The van der Waals surface area contributed by atoms with Crippen LogP contribution >= 0.6 is 0 Å². The van der Waals surface area contributed by atoms with E-state index in [1.165, 1.54) is 18.4 Å². The second-order valence-electron chi connectivity index (χ2n) is 4.10. The van der Waals surface area contributed by atoms with Gasteiger partial charge in [-0.1, -0.05) is 12.1 Å². The second-order valence-corrected chi connectivity index (χ2v) is 4.10. The Morgan fingerprint density at radius 2 is 2.11 bits per heavy atom. The van der Waals surface area contributed by atoms with E-state index in [-0.39, 0.29) is 12.0 Å². The van der Waals surface area contributed by atoms with Crippen molar-refractivity contribution in [2.75, 3.05) is 0 Å². The molecule has 1 aromatic heterocycles. The number of rotatable bonds is 4. The number of nitrogens with two attached hydrogens (primary N) is 1. The fraction of sp³-hybridized carbons (Fsp3) is 0.231. The van der Waals surface area contributed by atoms with Crippen molar-refractivity contribution in [1.82, 2.24) is 5.43 Å². The van der Waals surface area contributed by atoms with Crippen molar-refractivity contribution in [3.05, 3.63) is 59.1 Å². The molecule has 0 saturated heterocycles. The Balaban J connectivity index is 2.26. The lowest BCUT2D eigenvalue weighted by Gasteiger charge is -2.15. The third kappa shape index (κ3) is 2.42. The van der Waals surface area contributed by atoms with Gasteiger partial charge in [-0.2, -0.15) is 0 Å². The average Bonchev–Trinajstić information content (AvgIpc) is 2.77.